The normalized spacial score (nSPS) is 15.0. The van der Waals surface area contributed by atoms with Crippen LogP contribution in [0.25, 0.3) is 0 Å². The topological polar surface area (TPSA) is 86.7 Å². The Morgan fingerprint density at radius 1 is 1.40 bits per heavy atom. The number of anilines is 1. The van der Waals surface area contributed by atoms with Crippen molar-refractivity contribution in [2.75, 3.05) is 12.3 Å². The molecule has 4 nitrogen and oxygen atoms in total. The Kier molecular flexibility index (Phi) is 3.62. The van der Waals surface area contributed by atoms with E-state index in [1.54, 1.807) is 6.92 Å². The summed E-state index contributed by atoms with van der Waals surface area (Å²) in [6.45, 7) is 1.01. The van der Waals surface area contributed by atoms with Gasteiger partial charge in [-0.2, -0.15) is 0 Å². The van der Waals surface area contributed by atoms with Gasteiger partial charge in [-0.05, 0) is 30.2 Å². The molecule has 0 amide bonds. The summed E-state index contributed by atoms with van der Waals surface area (Å²) in [4.78, 5) is 0. The van der Waals surface area contributed by atoms with Gasteiger partial charge in [0.2, 0.25) is 0 Å². The van der Waals surface area contributed by atoms with Crippen LogP contribution < -0.4 is 5.73 Å². The van der Waals surface area contributed by atoms with Gasteiger partial charge in [-0.15, -0.1) is 0 Å². The lowest BCUT2D eigenvalue weighted by atomic mass is 9.98. The first-order valence-electron chi connectivity index (χ1n) is 4.50. The molecule has 0 heterocycles. The summed E-state index contributed by atoms with van der Waals surface area (Å²) >= 11 is 0. The van der Waals surface area contributed by atoms with Crippen LogP contribution >= 0.6 is 0 Å². The van der Waals surface area contributed by atoms with E-state index in [1.807, 2.05) is 0 Å². The molecule has 2 unspecified atom stereocenters. The maximum absolute atomic E-state index is 13.0. The standard InChI is InChI=1S/C10H14FNO3/c1-5-7(10(15)9(14)4-13)2-6(11)3-8(5)12/h2-3,9-10,13-15H,4,12H2,1H3. The van der Waals surface area contributed by atoms with Gasteiger partial charge in [0.25, 0.3) is 0 Å². The number of hydrogen-bond donors (Lipinski definition) is 4. The zero-order valence-electron chi connectivity index (χ0n) is 8.31. The van der Waals surface area contributed by atoms with Gasteiger partial charge in [0.1, 0.15) is 18.0 Å². The Bertz CT molecular complexity index is 357. The van der Waals surface area contributed by atoms with Gasteiger partial charge < -0.3 is 21.1 Å². The second-order valence-corrected chi connectivity index (χ2v) is 3.40. The fourth-order valence-electron chi connectivity index (χ4n) is 1.34. The lowest BCUT2D eigenvalue weighted by Gasteiger charge is -2.19. The van der Waals surface area contributed by atoms with Crippen molar-refractivity contribution in [3.8, 4) is 0 Å². The first-order chi connectivity index (χ1) is 6.97. The first kappa shape index (κ1) is 11.9. The lowest BCUT2D eigenvalue weighted by molar-refractivity contribution is -0.0156. The molecule has 15 heavy (non-hydrogen) atoms. The maximum atomic E-state index is 13.0. The van der Waals surface area contributed by atoms with Crippen LogP contribution in [-0.4, -0.2) is 28.0 Å². The number of nitrogen functional groups attached to an aromatic ring is 1. The van der Waals surface area contributed by atoms with Crippen molar-refractivity contribution >= 4 is 5.69 Å². The molecule has 5 heteroatoms. The second-order valence-electron chi connectivity index (χ2n) is 3.40. The fraction of sp³-hybridized carbons (Fsp3) is 0.400. The van der Waals surface area contributed by atoms with Gasteiger partial charge in [-0.25, -0.2) is 4.39 Å². The number of rotatable bonds is 3. The van der Waals surface area contributed by atoms with E-state index >= 15 is 0 Å². The van der Waals surface area contributed by atoms with Crippen LogP contribution in [-0.2, 0) is 0 Å². The molecule has 0 radical (unpaired) electrons. The molecule has 0 spiro atoms. The highest BCUT2D eigenvalue weighted by atomic mass is 19.1. The molecule has 0 aliphatic carbocycles. The number of aliphatic hydroxyl groups excluding tert-OH is 3. The van der Waals surface area contributed by atoms with E-state index in [0.717, 1.165) is 12.1 Å². The predicted molar refractivity (Wildman–Crippen MR) is 53.6 cm³/mol. The number of hydrogen-bond acceptors (Lipinski definition) is 4. The molecule has 0 fully saturated rings. The van der Waals surface area contributed by atoms with Crippen LogP contribution in [0.3, 0.4) is 0 Å². The van der Waals surface area contributed by atoms with E-state index < -0.39 is 24.6 Å². The molecule has 0 saturated heterocycles. The fourth-order valence-corrected chi connectivity index (χ4v) is 1.34. The van der Waals surface area contributed by atoms with Crippen molar-refractivity contribution < 1.29 is 19.7 Å². The molecule has 0 aliphatic rings. The molecule has 2 atom stereocenters. The number of halogens is 1. The third-order valence-electron chi connectivity index (χ3n) is 2.32. The zero-order chi connectivity index (χ0) is 11.6. The van der Waals surface area contributed by atoms with Crippen LogP contribution in [0.5, 0.6) is 0 Å². The molecule has 84 valence electrons. The van der Waals surface area contributed by atoms with Crippen LogP contribution in [0, 0.1) is 12.7 Å². The number of benzene rings is 1. The number of aliphatic hydroxyl groups is 3. The van der Waals surface area contributed by atoms with Gasteiger partial charge in [-0.1, -0.05) is 0 Å². The van der Waals surface area contributed by atoms with Crippen LogP contribution in [0.4, 0.5) is 10.1 Å². The summed E-state index contributed by atoms with van der Waals surface area (Å²) in [6, 6.07) is 2.23. The monoisotopic (exact) mass is 215 g/mol. The second kappa shape index (κ2) is 4.57. The van der Waals surface area contributed by atoms with Crippen LogP contribution in [0.2, 0.25) is 0 Å². The largest absolute Gasteiger partial charge is 0.398 e. The first-order valence-corrected chi connectivity index (χ1v) is 4.50. The Hall–Kier alpha value is -1.17. The van der Waals surface area contributed by atoms with Crippen molar-refractivity contribution in [3.63, 3.8) is 0 Å². The minimum absolute atomic E-state index is 0.189. The summed E-state index contributed by atoms with van der Waals surface area (Å²) in [6.07, 6.45) is -2.68. The smallest absolute Gasteiger partial charge is 0.125 e. The minimum Gasteiger partial charge on any atom is -0.398 e. The Balaban J connectivity index is 3.13. The molecule has 1 aromatic carbocycles. The van der Waals surface area contributed by atoms with E-state index in [0.29, 0.717) is 5.56 Å². The molecule has 0 bridgehead atoms. The predicted octanol–water partition coefficient (Wildman–Crippen LogP) is 0.103. The quantitative estimate of drug-likeness (QED) is 0.539. The zero-order valence-corrected chi connectivity index (χ0v) is 8.31. The van der Waals surface area contributed by atoms with Gasteiger partial charge in [0, 0.05) is 5.69 Å². The Labute approximate surface area is 86.8 Å². The maximum Gasteiger partial charge on any atom is 0.125 e. The Morgan fingerprint density at radius 2 is 2.00 bits per heavy atom. The van der Waals surface area contributed by atoms with Crippen LogP contribution in [0.1, 0.15) is 17.2 Å². The van der Waals surface area contributed by atoms with Crippen molar-refractivity contribution in [2.24, 2.45) is 0 Å². The van der Waals surface area contributed by atoms with E-state index in [-0.39, 0.29) is 11.3 Å². The van der Waals surface area contributed by atoms with Crippen molar-refractivity contribution in [3.05, 3.63) is 29.1 Å². The summed E-state index contributed by atoms with van der Waals surface area (Å²) in [5.74, 6) is -0.586. The van der Waals surface area contributed by atoms with Crippen molar-refractivity contribution in [1.82, 2.24) is 0 Å². The average molecular weight is 215 g/mol. The van der Waals surface area contributed by atoms with Gasteiger partial charge in [0.15, 0.2) is 0 Å². The molecular formula is C10H14FNO3. The molecule has 1 rings (SSSR count). The highest BCUT2D eigenvalue weighted by molar-refractivity contribution is 5.51. The van der Waals surface area contributed by atoms with E-state index in [4.69, 9.17) is 10.8 Å². The number of nitrogens with two attached hydrogens (primary N) is 1. The minimum atomic E-state index is -1.34. The SMILES string of the molecule is Cc1c(N)cc(F)cc1C(O)C(O)CO. The van der Waals surface area contributed by atoms with Gasteiger partial charge in [0.05, 0.1) is 6.61 Å². The highest BCUT2D eigenvalue weighted by Crippen LogP contribution is 2.26. The highest BCUT2D eigenvalue weighted by Gasteiger charge is 2.20. The van der Waals surface area contributed by atoms with Gasteiger partial charge >= 0.3 is 0 Å². The van der Waals surface area contributed by atoms with Crippen LogP contribution in [0.15, 0.2) is 12.1 Å². The van der Waals surface area contributed by atoms with E-state index in [2.05, 4.69) is 0 Å². The Morgan fingerprint density at radius 3 is 2.53 bits per heavy atom. The summed E-state index contributed by atoms with van der Waals surface area (Å²) < 4.78 is 13.0. The van der Waals surface area contributed by atoms with Gasteiger partial charge in [-0.3, -0.25) is 0 Å². The summed E-state index contributed by atoms with van der Waals surface area (Å²) in [5, 5.41) is 27.5. The third kappa shape index (κ3) is 2.44. The average Bonchev–Trinajstić information content (AvgIpc) is 2.21. The third-order valence-corrected chi connectivity index (χ3v) is 2.32. The molecule has 0 aromatic heterocycles. The van der Waals surface area contributed by atoms with E-state index in [1.165, 1.54) is 0 Å². The molecule has 1 aromatic rings. The molecular weight excluding hydrogens is 201 g/mol. The van der Waals surface area contributed by atoms with E-state index in [9.17, 15) is 14.6 Å². The van der Waals surface area contributed by atoms with Crippen molar-refractivity contribution in [2.45, 2.75) is 19.1 Å². The summed E-state index contributed by atoms with van der Waals surface area (Å²) in [7, 11) is 0. The molecule has 0 aliphatic heterocycles. The summed E-state index contributed by atoms with van der Waals surface area (Å²) in [5.41, 5.74) is 6.39. The lowest BCUT2D eigenvalue weighted by Crippen LogP contribution is -2.23. The molecule has 0 saturated carbocycles. The molecule has 5 N–H and O–H groups in total. The van der Waals surface area contributed by atoms with Crippen molar-refractivity contribution in [1.29, 1.82) is 0 Å².